The van der Waals surface area contributed by atoms with E-state index in [1.807, 2.05) is 13.8 Å². The van der Waals surface area contributed by atoms with Crippen molar-refractivity contribution < 1.29 is 49.8 Å². The summed E-state index contributed by atoms with van der Waals surface area (Å²) >= 11 is 0. The molecule has 13 heteroatoms. The van der Waals surface area contributed by atoms with Crippen LogP contribution in [-0.4, -0.2) is 150 Å². The van der Waals surface area contributed by atoms with Gasteiger partial charge in [-0.25, -0.2) is 0 Å². The van der Waals surface area contributed by atoms with Crippen molar-refractivity contribution in [3.63, 3.8) is 0 Å². The van der Waals surface area contributed by atoms with Crippen LogP contribution in [0.5, 0.6) is 0 Å². The van der Waals surface area contributed by atoms with Crippen LogP contribution in [0.3, 0.4) is 0 Å². The fourth-order valence-corrected chi connectivity index (χ4v) is 5.57. The Balaban J connectivity index is -0.0000000873. The molecule has 0 aliphatic heterocycles. The number of unbranched alkanes of at least 4 members (excludes halogenated alkanes) is 30. The number of hydrogen-bond acceptors (Lipinski definition) is 10. The molecular formula is C48H94Ca3O10. The van der Waals surface area contributed by atoms with Crippen molar-refractivity contribution in [3.8, 4) is 0 Å². The Bertz CT molecular complexity index is 704. The molecule has 0 N–H and O–H groups in total. The quantitative estimate of drug-likeness (QED) is 0.0482. The van der Waals surface area contributed by atoms with E-state index in [4.69, 9.17) is 19.8 Å². The van der Waals surface area contributed by atoms with Crippen LogP contribution in [0.2, 0.25) is 0 Å². The van der Waals surface area contributed by atoms with Crippen LogP contribution in [0.1, 0.15) is 273 Å². The Morgan fingerprint density at radius 1 is 0.279 bits per heavy atom. The minimum absolute atomic E-state index is 0. The van der Waals surface area contributed by atoms with E-state index in [2.05, 4.69) is 13.8 Å². The van der Waals surface area contributed by atoms with Crippen molar-refractivity contribution in [1.29, 1.82) is 0 Å². The molecule has 0 aliphatic carbocycles. The molecule has 0 spiro atoms. The predicted octanol–water partition coefficient (Wildman–Crippen LogP) is 6.66. The third-order valence-corrected chi connectivity index (χ3v) is 8.96. The summed E-state index contributed by atoms with van der Waals surface area (Å²) in [6, 6.07) is 0. The number of carbonyl (C=O) groups is 4. The standard InChI is InChI=1S/2C18H36O2.2C4H9O.2C2H4O2.3Ca/c2*1-2-3-4-5-6-7-8-9-10-11-12-13-14-15-16-17-18(19)20;2*1-2-3-4-5;2*1-2(3)4;;;/h2*2-17H2,1H3,(H,19,20);2*2-4H2,1H3;2*1H3,(H,3,4);;;/q;;2*-1;;;3*+2/p-4. The second-order valence-electron chi connectivity index (χ2n) is 15.2. The average molecular weight is 952 g/mol. The molecule has 0 aromatic carbocycles. The largest absolute Gasteiger partial charge is 2.00 e. The first-order valence-corrected chi connectivity index (χ1v) is 23.7. The van der Waals surface area contributed by atoms with Gasteiger partial charge in [0, 0.05) is 23.9 Å². The van der Waals surface area contributed by atoms with Crippen molar-refractivity contribution in [2.24, 2.45) is 0 Å². The normalized spacial score (nSPS) is 9.31. The summed E-state index contributed by atoms with van der Waals surface area (Å²) < 4.78 is 0. The number of carboxylic acid groups (broad SMARTS) is 4. The third kappa shape index (κ3) is 140. The van der Waals surface area contributed by atoms with E-state index in [0.717, 1.165) is 65.2 Å². The van der Waals surface area contributed by atoms with Crippen LogP contribution in [-0.2, 0) is 19.2 Å². The molecule has 0 saturated heterocycles. The molecular weight excluding hydrogens is 857 g/mol. The average Bonchev–Trinajstić information content (AvgIpc) is 3.15. The van der Waals surface area contributed by atoms with Crippen molar-refractivity contribution in [3.05, 3.63) is 0 Å². The summed E-state index contributed by atoms with van der Waals surface area (Å²) in [5.74, 6) is -3.97. The van der Waals surface area contributed by atoms with Gasteiger partial charge in [0.15, 0.2) is 0 Å². The Kier molecular flexibility index (Phi) is 115. The van der Waals surface area contributed by atoms with E-state index in [0.29, 0.717) is 0 Å². The van der Waals surface area contributed by atoms with Gasteiger partial charge in [0.25, 0.3) is 0 Å². The van der Waals surface area contributed by atoms with Gasteiger partial charge in [0.2, 0.25) is 0 Å². The van der Waals surface area contributed by atoms with Gasteiger partial charge in [-0.15, -0.1) is 13.2 Å². The summed E-state index contributed by atoms with van der Waals surface area (Å²) in [5, 5.41) is 57.3. The van der Waals surface area contributed by atoms with Gasteiger partial charge in [-0.05, 0) is 39.5 Å². The monoisotopic (exact) mass is 951 g/mol. The molecule has 61 heavy (non-hydrogen) atoms. The number of carbonyl (C=O) groups excluding carboxylic acids is 4. The van der Waals surface area contributed by atoms with E-state index < -0.39 is 23.9 Å². The second kappa shape index (κ2) is 84.9. The maximum Gasteiger partial charge on any atom is 2.00 e. The number of rotatable bonds is 36. The molecule has 0 atom stereocenters. The third-order valence-electron chi connectivity index (χ3n) is 8.96. The molecule has 0 aromatic heterocycles. The van der Waals surface area contributed by atoms with Crippen LogP contribution in [0, 0.1) is 0 Å². The van der Waals surface area contributed by atoms with Crippen LogP contribution >= 0.6 is 0 Å². The Morgan fingerprint density at radius 3 is 0.508 bits per heavy atom. The minimum Gasteiger partial charge on any atom is -0.854 e. The Hall–Kier alpha value is 1.58. The summed E-state index contributed by atoms with van der Waals surface area (Å²) in [4.78, 5) is 38.2. The van der Waals surface area contributed by atoms with Crippen molar-refractivity contribution in [1.82, 2.24) is 0 Å². The maximum atomic E-state index is 10.2. The van der Waals surface area contributed by atoms with E-state index in [9.17, 15) is 30.0 Å². The van der Waals surface area contributed by atoms with Gasteiger partial charge in [-0.2, -0.15) is 0 Å². The molecule has 0 unspecified atom stereocenters. The number of aliphatic carboxylic acids is 4. The van der Waals surface area contributed by atoms with Crippen molar-refractivity contribution >= 4 is 137 Å². The zero-order valence-electron chi connectivity index (χ0n) is 41.1. The molecule has 0 fully saturated rings. The second-order valence-corrected chi connectivity index (χ2v) is 15.2. The summed E-state index contributed by atoms with van der Waals surface area (Å²) in [6.45, 7) is 10.7. The molecule has 352 valence electrons. The van der Waals surface area contributed by atoms with Crippen LogP contribution < -0.4 is 30.6 Å². The van der Waals surface area contributed by atoms with E-state index in [1.54, 1.807) is 0 Å². The molecule has 0 aliphatic rings. The predicted molar refractivity (Wildman–Crippen MR) is 247 cm³/mol. The van der Waals surface area contributed by atoms with Crippen LogP contribution in [0.15, 0.2) is 0 Å². The molecule has 10 nitrogen and oxygen atoms in total. The zero-order chi connectivity index (χ0) is 45.2. The first-order valence-electron chi connectivity index (χ1n) is 23.7. The van der Waals surface area contributed by atoms with Crippen LogP contribution in [0.25, 0.3) is 0 Å². The Labute approximate surface area is 467 Å². The van der Waals surface area contributed by atoms with Gasteiger partial charge in [-0.3, -0.25) is 0 Å². The SMILES string of the molecule is CC(=O)[O-].CC(=O)[O-].CCCCCCCCCCCCCCCCCC(=O)[O-].CCCCCCCCCCCCCCCCCC(=O)[O-].CCCC[O-].CCCC[O-].[Ca+2].[Ca+2].[Ca+2]. The molecule has 0 rings (SSSR count). The molecule has 0 radical (unpaired) electrons. The van der Waals surface area contributed by atoms with E-state index in [1.165, 1.54) is 167 Å². The van der Waals surface area contributed by atoms with Gasteiger partial charge in [-0.1, -0.05) is 233 Å². The summed E-state index contributed by atoms with van der Waals surface area (Å²) in [7, 11) is 0. The first-order chi connectivity index (χ1) is 27.8. The van der Waals surface area contributed by atoms with Crippen LogP contribution in [0.4, 0.5) is 0 Å². The molecule has 0 bridgehead atoms. The zero-order valence-corrected chi connectivity index (χ0v) is 47.7. The number of carboxylic acids is 4. The van der Waals surface area contributed by atoms with Gasteiger partial charge < -0.3 is 49.8 Å². The molecule has 0 saturated carbocycles. The summed E-state index contributed by atoms with van der Waals surface area (Å²) in [5.41, 5.74) is 0. The topological polar surface area (TPSA) is 207 Å². The maximum absolute atomic E-state index is 10.2. The van der Waals surface area contributed by atoms with E-state index >= 15 is 0 Å². The fourth-order valence-electron chi connectivity index (χ4n) is 5.57. The molecule has 0 aromatic rings. The molecule has 0 amide bonds. The summed E-state index contributed by atoms with van der Waals surface area (Å²) in [6.07, 6.45) is 43.4. The Morgan fingerprint density at radius 2 is 0.410 bits per heavy atom. The van der Waals surface area contributed by atoms with Gasteiger partial charge >= 0.3 is 113 Å². The van der Waals surface area contributed by atoms with E-state index in [-0.39, 0.29) is 139 Å². The smallest absolute Gasteiger partial charge is 0.854 e. The van der Waals surface area contributed by atoms with Gasteiger partial charge in [0.05, 0.1) is 0 Å². The minimum atomic E-state index is -1.08. The first kappa shape index (κ1) is 82.7. The number of hydrogen-bond donors (Lipinski definition) is 0. The van der Waals surface area contributed by atoms with Crippen molar-refractivity contribution in [2.45, 2.75) is 273 Å². The fraction of sp³-hybridized carbons (Fsp3) is 0.917. The van der Waals surface area contributed by atoms with Crippen molar-refractivity contribution in [2.75, 3.05) is 13.2 Å². The van der Waals surface area contributed by atoms with Gasteiger partial charge in [0.1, 0.15) is 0 Å². The molecule has 0 heterocycles.